The van der Waals surface area contributed by atoms with Crippen LogP contribution in [-0.4, -0.2) is 45.8 Å². The van der Waals surface area contributed by atoms with Gasteiger partial charge >= 0.3 is 5.97 Å². The van der Waals surface area contributed by atoms with Crippen molar-refractivity contribution in [1.29, 1.82) is 0 Å². The van der Waals surface area contributed by atoms with Crippen LogP contribution in [0.1, 0.15) is 34.3 Å². The van der Waals surface area contributed by atoms with Crippen LogP contribution in [0.3, 0.4) is 0 Å². The van der Waals surface area contributed by atoms with Crippen molar-refractivity contribution >= 4 is 17.8 Å². The summed E-state index contributed by atoms with van der Waals surface area (Å²) in [6.45, 7) is 1.17. The first-order valence-electron chi connectivity index (χ1n) is 8.94. The second-order valence-electron chi connectivity index (χ2n) is 6.66. The monoisotopic (exact) mass is 366 g/mol. The highest BCUT2D eigenvalue weighted by Gasteiger charge is 2.21. The smallest absolute Gasteiger partial charge is 0.323 e. The Morgan fingerprint density at radius 2 is 1.70 bits per heavy atom. The Hall–Kier alpha value is -3.15. The molecule has 0 atom stereocenters. The SMILES string of the molecule is O=C(O)CN(Cc1ccccc1)C(=O)c1ccc(CN2CCCC2=O)cc1. The minimum absolute atomic E-state index is 0.158. The van der Waals surface area contributed by atoms with E-state index in [9.17, 15) is 14.4 Å². The summed E-state index contributed by atoms with van der Waals surface area (Å²) in [6, 6.07) is 16.3. The number of hydrogen-bond donors (Lipinski definition) is 1. The Balaban J connectivity index is 1.71. The Morgan fingerprint density at radius 1 is 1.00 bits per heavy atom. The number of nitrogens with zero attached hydrogens (tertiary/aromatic N) is 2. The van der Waals surface area contributed by atoms with Gasteiger partial charge in [0, 0.05) is 31.6 Å². The van der Waals surface area contributed by atoms with Gasteiger partial charge in [-0.1, -0.05) is 42.5 Å². The average Bonchev–Trinajstić information content (AvgIpc) is 3.06. The lowest BCUT2D eigenvalue weighted by atomic mass is 10.1. The number of likely N-dealkylation sites (tertiary alicyclic amines) is 1. The molecule has 3 rings (SSSR count). The maximum absolute atomic E-state index is 12.8. The highest BCUT2D eigenvalue weighted by atomic mass is 16.4. The molecule has 0 radical (unpaired) electrons. The van der Waals surface area contributed by atoms with Crippen molar-refractivity contribution in [2.24, 2.45) is 0 Å². The van der Waals surface area contributed by atoms with E-state index in [4.69, 9.17) is 5.11 Å². The highest BCUT2D eigenvalue weighted by Crippen LogP contribution is 2.16. The van der Waals surface area contributed by atoms with Crippen molar-refractivity contribution < 1.29 is 19.5 Å². The molecular formula is C21H22N2O4. The second kappa shape index (κ2) is 8.49. The largest absolute Gasteiger partial charge is 0.480 e. The first kappa shape index (κ1) is 18.6. The molecule has 140 valence electrons. The molecule has 0 bridgehead atoms. The second-order valence-corrected chi connectivity index (χ2v) is 6.66. The molecule has 6 heteroatoms. The van der Waals surface area contributed by atoms with Gasteiger partial charge in [0.1, 0.15) is 6.54 Å². The number of hydrogen-bond acceptors (Lipinski definition) is 3. The van der Waals surface area contributed by atoms with Gasteiger partial charge in [0.05, 0.1) is 0 Å². The van der Waals surface area contributed by atoms with Gasteiger partial charge in [0.15, 0.2) is 0 Å². The molecule has 1 saturated heterocycles. The van der Waals surface area contributed by atoms with E-state index in [1.807, 2.05) is 47.4 Å². The van der Waals surface area contributed by atoms with E-state index in [1.54, 1.807) is 12.1 Å². The van der Waals surface area contributed by atoms with Crippen LogP contribution in [0.2, 0.25) is 0 Å². The molecule has 0 spiro atoms. The summed E-state index contributed by atoms with van der Waals surface area (Å²) in [5.41, 5.74) is 2.26. The lowest BCUT2D eigenvalue weighted by molar-refractivity contribution is -0.137. The van der Waals surface area contributed by atoms with E-state index in [0.29, 0.717) is 18.5 Å². The van der Waals surface area contributed by atoms with Gasteiger partial charge in [-0.25, -0.2) is 0 Å². The minimum atomic E-state index is -1.05. The maximum Gasteiger partial charge on any atom is 0.323 e. The fourth-order valence-electron chi connectivity index (χ4n) is 3.19. The van der Waals surface area contributed by atoms with Crippen molar-refractivity contribution in [2.75, 3.05) is 13.1 Å². The van der Waals surface area contributed by atoms with E-state index in [2.05, 4.69) is 0 Å². The Labute approximate surface area is 158 Å². The molecule has 0 aromatic heterocycles. The zero-order valence-corrected chi connectivity index (χ0v) is 15.0. The summed E-state index contributed by atoms with van der Waals surface area (Å²) in [5.74, 6) is -1.22. The van der Waals surface area contributed by atoms with Crippen molar-refractivity contribution in [3.63, 3.8) is 0 Å². The first-order valence-corrected chi connectivity index (χ1v) is 8.94. The van der Waals surface area contributed by atoms with Gasteiger partial charge in [-0.2, -0.15) is 0 Å². The molecule has 1 aliphatic rings. The molecule has 1 aliphatic heterocycles. The zero-order valence-electron chi connectivity index (χ0n) is 15.0. The molecule has 1 N–H and O–H groups in total. The quantitative estimate of drug-likeness (QED) is 0.817. The van der Waals surface area contributed by atoms with Crippen LogP contribution in [0.5, 0.6) is 0 Å². The summed E-state index contributed by atoms with van der Waals surface area (Å²) in [5, 5.41) is 9.15. The number of carboxylic acids is 1. The minimum Gasteiger partial charge on any atom is -0.480 e. The van der Waals surface area contributed by atoms with Crippen LogP contribution in [0.15, 0.2) is 54.6 Å². The number of rotatable bonds is 7. The third kappa shape index (κ3) is 4.94. The fraction of sp³-hybridized carbons (Fsp3) is 0.286. The Bertz CT molecular complexity index is 818. The normalized spacial score (nSPS) is 13.6. The first-order chi connectivity index (χ1) is 13.0. The topological polar surface area (TPSA) is 77.9 Å². The van der Waals surface area contributed by atoms with E-state index in [1.165, 1.54) is 4.90 Å². The molecule has 2 amide bonds. The third-order valence-electron chi connectivity index (χ3n) is 4.58. The molecule has 1 fully saturated rings. The van der Waals surface area contributed by atoms with Crippen LogP contribution in [-0.2, 0) is 22.7 Å². The maximum atomic E-state index is 12.8. The Morgan fingerprint density at radius 3 is 2.30 bits per heavy atom. The number of benzene rings is 2. The van der Waals surface area contributed by atoms with Crippen LogP contribution < -0.4 is 0 Å². The van der Waals surface area contributed by atoms with E-state index in [-0.39, 0.29) is 24.9 Å². The van der Waals surface area contributed by atoms with Gasteiger partial charge in [-0.15, -0.1) is 0 Å². The molecule has 0 unspecified atom stereocenters. The average molecular weight is 366 g/mol. The molecule has 6 nitrogen and oxygen atoms in total. The number of aliphatic carboxylic acids is 1. The van der Waals surface area contributed by atoms with Gasteiger partial charge < -0.3 is 14.9 Å². The van der Waals surface area contributed by atoms with Crippen LogP contribution >= 0.6 is 0 Å². The fourth-order valence-corrected chi connectivity index (χ4v) is 3.19. The van der Waals surface area contributed by atoms with E-state index >= 15 is 0 Å². The number of carbonyl (C=O) groups excluding carboxylic acids is 2. The van der Waals surface area contributed by atoms with Crippen LogP contribution in [0.25, 0.3) is 0 Å². The van der Waals surface area contributed by atoms with Crippen molar-refractivity contribution in [2.45, 2.75) is 25.9 Å². The van der Waals surface area contributed by atoms with Crippen molar-refractivity contribution in [3.05, 3.63) is 71.3 Å². The molecule has 0 saturated carbocycles. The van der Waals surface area contributed by atoms with Gasteiger partial charge in [0.2, 0.25) is 5.91 Å². The number of carbonyl (C=O) groups is 3. The summed E-state index contributed by atoms with van der Waals surface area (Å²) >= 11 is 0. The summed E-state index contributed by atoms with van der Waals surface area (Å²) in [4.78, 5) is 38.8. The van der Waals surface area contributed by atoms with E-state index in [0.717, 1.165) is 24.1 Å². The number of amides is 2. The lowest BCUT2D eigenvalue weighted by Crippen LogP contribution is -2.35. The van der Waals surface area contributed by atoms with Crippen molar-refractivity contribution in [1.82, 2.24) is 9.80 Å². The summed E-state index contributed by atoms with van der Waals surface area (Å²) in [7, 11) is 0. The van der Waals surface area contributed by atoms with Gasteiger partial charge in [0.25, 0.3) is 5.91 Å². The van der Waals surface area contributed by atoms with Crippen molar-refractivity contribution in [3.8, 4) is 0 Å². The van der Waals surface area contributed by atoms with Crippen LogP contribution in [0.4, 0.5) is 0 Å². The van der Waals surface area contributed by atoms with Crippen LogP contribution in [0, 0.1) is 0 Å². The predicted octanol–water partition coefficient (Wildman–Crippen LogP) is 2.54. The highest BCUT2D eigenvalue weighted by molar-refractivity contribution is 5.95. The van der Waals surface area contributed by atoms with Gasteiger partial charge in [-0.05, 0) is 29.7 Å². The third-order valence-corrected chi connectivity index (χ3v) is 4.58. The summed E-state index contributed by atoms with van der Waals surface area (Å²) in [6.07, 6.45) is 1.49. The Kier molecular flexibility index (Phi) is 5.86. The molecule has 0 aliphatic carbocycles. The zero-order chi connectivity index (χ0) is 19.2. The van der Waals surface area contributed by atoms with E-state index < -0.39 is 5.97 Å². The lowest BCUT2D eigenvalue weighted by Gasteiger charge is -2.21. The number of carboxylic acid groups (broad SMARTS) is 1. The predicted molar refractivity (Wildman–Crippen MR) is 99.9 cm³/mol. The molecule has 27 heavy (non-hydrogen) atoms. The summed E-state index contributed by atoms with van der Waals surface area (Å²) < 4.78 is 0. The molecular weight excluding hydrogens is 344 g/mol. The molecule has 2 aromatic carbocycles. The molecule has 2 aromatic rings. The standard InChI is InChI=1S/C21H22N2O4/c24-19-7-4-12-22(19)13-17-8-10-18(11-9-17)21(27)23(15-20(25)26)14-16-5-2-1-3-6-16/h1-3,5-6,8-11H,4,7,12-15H2,(H,25,26). The van der Waals surface area contributed by atoms with Gasteiger partial charge in [-0.3, -0.25) is 14.4 Å². The molecule has 1 heterocycles.